The second-order valence-electron chi connectivity index (χ2n) is 7.62. The summed E-state index contributed by atoms with van der Waals surface area (Å²) in [7, 11) is 0. The number of rotatable bonds is 3. The van der Waals surface area contributed by atoms with Gasteiger partial charge in [-0.1, -0.05) is 0 Å². The Bertz CT molecular complexity index is 664. The molecule has 3 aliphatic rings. The largest absolute Gasteiger partial charge is 0.368 e. The Labute approximate surface area is 153 Å². The summed E-state index contributed by atoms with van der Waals surface area (Å²) in [5.74, 6) is -0.106. The number of piperazine rings is 1. The zero-order valence-corrected chi connectivity index (χ0v) is 15.1. The Balaban J connectivity index is 1.28. The Hall–Kier alpha value is -2.11. The highest BCUT2D eigenvalue weighted by Gasteiger charge is 2.51. The van der Waals surface area contributed by atoms with Crippen molar-refractivity contribution < 1.29 is 14.0 Å². The average Bonchev–Trinajstić information content (AvgIpc) is 3.49. The molecule has 0 N–H and O–H groups in total. The van der Waals surface area contributed by atoms with E-state index < -0.39 is 0 Å². The second kappa shape index (κ2) is 7.25. The normalized spacial score (nSPS) is 26.0. The summed E-state index contributed by atoms with van der Waals surface area (Å²) >= 11 is 0. The van der Waals surface area contributed by atoms with E-state index in [9.17, 15) is 14.0 Å². The van der Waals surface area contributed by atoms with Gasteiger partial charge < -0.3 is 14.7 Å². The molecule has 2 unspecified atom stereocenters. The molecule has 0 aromatic heterocycles. The van der Waals surface area contributed by atoms with E-state index in [0.29, 0.717) is 19.5 Å². The fourth-order valence-corrected chi connectivity index (χ4v) is 4.16. The zero-order chi connectivity index (χ0) is 18.1. The van der Waals surface area contributed by atoms with Crippen LogP contribution in [-0.4, -0.2) is 60.9 Å². The monoisotopic (exact) mass is 359 g/mol. The summed E-state index contributed by atoms with van der Waals surface area (Å²) in [6.45, 7) is 4.53. The number of hydrogen-bond acceptors (Lipinski definition) is 3. The van der Waals surface area contributed by atoms with Crippen molar-refractivity contribution in [2.75, 3.05) is 44.2 Å². The van der Waals surface area contributed by atoms with Crippen LogP contribution in [0.3, 0.4) is 0 Å². The van der Waals surface area contributed by atoms with E-state index in [1.54, 1.807) is 12.1 Å². The molecule has 0 radical (unpaired) electrons. The molecular weight excluding hydrogens is 333 g/mol. The summed E-state index contributed by atoms with van der Waals surface area (Å²) in [5, 5.41) is 0. The molecular formula is C20H26FN3O2. The van der Waals surface area contributed by atoms with Crippen molar-refractivity contribution >= 4 is 17.5 Å². The van der Waals surface area contributed by atoms with Gasteiger partial charge in [0.2, 0.25) is 11.8 Å². The molecule has 5 nitrogen and oxygen atoms in total. The number of carbonyl (C=O) groups excluding carboxylic acids is 2. The van der Waals surface area contributed by atoms with Crippen molar-refractivity contribution in [1.29, 1.82) is 0 Å². The van der Waals surface area contributed by atoms with Crippen LogP contribution in [0.2, 0.25) is 0 Å². The maximum Gasteiger partial charge on any atom is 0.226 e. The van der Waals surface area contributed by atoms with Gasteiger partial charge in [0.15, 0.2) is 0 Å². The van der Waals surface area contributed by atoms with Crippen LogP contribution in [0.25, 0.3) is 0 Å². The molecule has 3 fully saturated rings. The van der Waals surface area contributed by atoms with Crippen LogP contribution in [-0.2, 0) is 9.59 Å². The Morgan fingerprint density at radius 3 is 1.88 bits per heavy atom. The van der Waals surface area contributed by atoms with Crippen molar-refractivity contribution in [3.05, 3.63) is 30.1 Å². The fraction of sp³-hybridized carbons (Fsp3) is 0.600. The van der Waals surface area contributed by atoms with Crippen LogP contribution >= 0.6 is 0 Å². The number of nitrogens with zero attached hydrogens (tertiary/aromatic N) is 3. The predicted octanol–water partition coefficient (Wildman–Crippen LogP) is 2.12. The smallest absolute Gasteiger partial charge is 0.226 e. The standard InChI is InChI=1S/C20H26FN3O2/c21-15-4-6-16(7-5-15)22-10-12-24(13-11-22)20(26)18-14-17(18)19(25)23-8-2-1-3-9-23/h4-7,17-18H,1-3,8-14H2. The maximum absolute atomic E-state index is 13.1. The Kier molecular flexibility index (Phi) is 4.83. The minimum Gasteiger partial charge on any atom is -0.368 e. The van der Waals surface area contributed by atoms with Crippen molar-refractivity contribution in [2.24, 2.45) is 11.8 Å². The van der Waals surface area contributed by atoms with Crippen molar-refractivity contribution in [2.45, 2.75) is 25.7 Å². The SMILES string of the molecule is O=C(C1CC1C(=O)N1CCN(c2ccc(F)cc2)CC1)N1CCCCC1. The first kappa shape index (κ1) is 17.3. The van der Waals surface area contributed by atoms with Gasteiger partial charge in [0.1, 0.15) is 5.82 Å². The van der Waals surface area contributed by atoms with Crippen LogP contribution in [0.1, 0.15) is 25.7 Å². The molecule has 1 aromatic rings. The molecule has 2 atom stereocenters. The quantitative estimate of drug-likeness (QED) is 0.830. The van der Waals surface area contributed by atoms with Crippen molar-refractivity contribution in [3.8, 4) is 0 Å². The third-order valence-corrected chi connectivity index (χ3v) is 5.88. The van der Waals surface area contributed by atoms with Gasteiger partial charge in [0.25, 0.3) is 0 Å². The van der Waals surface area contributed by atoms with Crippen LogP contribution in [0.4, 0.5) is 10.1 Å². The van der Waals surface area contributed by atoms with Gasteiger partial charge in [-0.2, -0.15) is 0 Å². The first-order valence-corrected chi connectivity index (χ1v) is 9.71. The highest BCUT2D eigenvalue weighted by molar-refractivity contribution is 5.92. The summed E-state index contributed by atoms with van der Waals surface area (Å²) < 4.78 is 13.1. The molecule has 140 valence electrons. The number of halogens is 1. The molecule has 2 aliphatic heterocycles. The van der Waals surface area contributed by atoms with Crippen molar-refractivity contribution in [3.63, 3.8) is 0 Å². The molecule has 2 heterocycles. The number of amides is 2. The number of likely N-dealkylation sites (tertiary alicyclic amines) is 1. The Morgan fingerprint density at radius 2 is 1.31 bits per heavy atom. The van der Waals surface area contributed by atoms with E-state index >= 15 is 0 Å². The molecule has 1 saturated carbocycles. The van der Waals surface area contributed by atoms with Gasteiger partial charge in [0, 0.05) is 45.0 Å². The van der Waals surface area contributed by atoms with E-state index in [2.05, 4.69) is 4.90 Å². The van der Waals surface area contributed by atoms with E-state index in [1.807, 2.05) is 9.80 Å². The molecule has 1 aliphatic carbocycles. The maximum atomic E-state index is 13.1. The molecule has 4 rings (SSSR count). The van der Waals surface area contributed by atoms with Crippen LogP contribution < -0.4 is 4.90 Å². The topological polar surface area (TPSA) is 43.9 Å². The molecule has 6 heteroatoms. The van der Waals surface area contributed by atoms with Crippen LogP contribution in [0.15, 0.2) is 24.3 Å². The van der Waals surface area contributed by atoms with Crippen LogP contribution in [0.5, 0.6) is 0 Å². The van der Waals surface area contributed by atoms with E-state index in [4.69, 9.17) is 0 Å². The summed E-state index contributed by atoms with van der Waals surface area (Å²) in [6.07, 6.45) is 4.09. The minimum atomic E-state index is -0.235. The van der Waals surface area contributed by atoms with Crippen LogP contribution in [0, 0.1) is 17.7 Å². The lowest BCUT2D eigenvalue weighted by Crippen LogP contribution is -2.49. The van der Waals surface area contributed by atoms with Gasteiger partial charge in [0.05, 0.1) is 11.8 Å². The minimum absolute atomic E-state index is 0.0873. The molecule has 0 bridgehead atoms. The third kappa shape index (κ3) is 3.55. The first-order valence-electron chi connectivity index (χ1n) is 9.71. The van der Waals surface area contributed by atoms with E-state index in [1.165, 1.54) is 18.6 Å². The number of benzene rings is 1. The summed E-state index contributed by atoms with van der Waals surface area (Å²) in [6, 6.07) is 6.49. The molecule has 2 amide bonds. The van der Waals surface area contributed by atoms with Gasteiger partial charge in [-0.05, 0) is 49.9 Å². The lowest BCUT2D eigenvalue weighted by molar-refractivity contribution is -0.138. The van der Waals surface area contributed by atoms with Gasteiger partial charge >= 0.3 is 0 Å². The van der Waals surface area contributed by atoms with E-state index in [0.717, 1.165) is 44.7 Å². The number of anilines is 1. The second-order valence-corrected chi connectivity index (χ2v) is 7.62. The fourth-order valence-electron chi connectivity index (χ4n) is 4.16. The highest BCUT2D eigenvalue weighted by Crippen LogP contribution is 2.42. The van der Waals surface area contributed by atoms with Crippen molar-refractivity contribution in [1.82, 2.24) is 9.80 Å². The molecule has 1 aromatic carbocycles. The summed E-state index contributed by atoms with van der Waals surface area (Å²) in [5.41, 5.74) is 0.989. The number of hydrogen-bond donors (Lipinski definition) is 0. The molecule has 26 heavy (non-hydrogen) atoms. The van der Waals surface area contributed by atoms with Gasteiger partial charge in [-0.3, -0.25) is 9.59 Å². The molecule has 0 spiro atoms. The first-order chi connectivity index (χ1) is 12.6. The van der Waals surface area contributed by atoms with Gasteiger partial charge in [-0.15, -0.1) is 0 Å². The van der Waals surface area contributed by atoms with Gasteiger partial charge in [-0.25, -0.2) is 4.39 Å². The predicted molar refractivity (Wildman–Crippen MR) is 97.2 cm³/mol. The lowest BCUT2D eigenvalue weighted by Gasteiger charge is -2.36. The Morgan fingerprint density at radius 1 is 0.769 bits per heavy atom. The summed E-state index contributed by atoms with van der Waals surface area (Å²) in [4.78, 5) is 31.3. The average molecular weight is 359 g/mol. The lowest BCUT2D eigenvalue weighted by atomic mass is 10.1. The van der Waals surface area contributed by atoms with E-state index in [-0.39, 0.29) is 29.5 Å². The highest BCUT2D eigenvalue weighted by atomic mass is 19.1. The number of piperidine rings is 1. The molecule has 2 saturated heterocycles. The zero-order valence-electron chi connectivity index (χ0n) is 15.1. The third-order valence-electron chi connectivity index (χ3n) is 5.88. The number of carbonyl (C=O) groups is 2.